The molecule has 0 radical (unpaired) electrons. The van der Waals surface area contributed by atoms with Crippen LogP contribution >= 0.6 is 0 Å². The summed E-state index contributed by atoms with van der Waals surface area (Å²) in [6.45, 7) is 6.12. The maximum atomic E-state index is 12.2. The van der Waals surface area contributed by atoms with E-state index in [9.17, 15) is 4.79 Å². The van der Waals surface area contributed by atoms with E-state index in [0.717, 1.165) is 18.7 Å². The number of carbonyl (C=O) groups excluding carboxylic acids is 1. The van der Waals surface area contributed by atoms with Gasteiger partial charge in [0, 0.05) is 12.6 Å². The Morgan fingerprint density at radius 2 is 2.04 bits per heavy atom. The van der Waals surface area contributed by atoms with Gasteiger partial charge in [-0.3, -0.25) is 4.79 Å². The molecule has 2 rings (SSSR count). The molecule has 0 bridgehead atoms. The first kappa shape index (κ1) is 17.6. The Bertz CT molecular complexity index is 487. The number of nitrogens with one attached hydrogen (secondary N) is 1. The van der Waals surface area contributed by atoms with Gasteiger partial charge >= 0.3 is 0 Å². The third-order valence-electron chi connectivity index (χ3n) is 4.13. The van der Waals surface area contributed by atoms with Crippen molar-refractivity contribution in [3.63, 3.8) is 0 Å². The molecule has 0 aromatic heterocycles. The summed E-state index contributed by atoms with van der Waals surface area (Å²) in [5.74, 6) is 1.34. The molecule has 23 heavy (non-hydrogen) atoms. The number of hydrogen-bond acceptors (Lipinski definition) is 4. The molecule has 1 aliphatic heterocycles. The van der Waals surface area contributed by atoms with E-state index < -0.39 is 6.10 Å². The van der Waals surface area contributed by atoms with Gasteiger partial charge < -0.3 is 19.7 Å². The Hall–Kier alpha value is -1.75. The molecule has 128 valence electrons. The fourth-order valence-corrected chi connectivity index (χ4v) is 2.80. The molecule has 1 atom stereocenters. The van der Waals surface area contributed by atoms with Crippen molar-refractivity contribution in [2.45, 2.75) is 38.7 Å². The summed E-state index contributed by atoms with van der Waals surface area (Å²) in [4.78, 5) is 14.7. The van der Waals surface area contributed by atoms with Crippen molar-refractivity contribution < 1.29 is 14.3 Å². The van der Waals surface area contributed by atoms with E-state index in [2.05, 4.69) is 10.2 Å². The normalized spacial score (nSPS) is 16.1. The van der Waals surface area contributed by atoms with Crippen LogP contribution in [0, 0.1) is 0 Å². The maximum absolute atomic E-state index is 12.2. The van der Waals surface area contributed by atoms with Gasteiger partial charge in [-0.2, -0.15) is 0 Å². The Kier molecular flexibility index (Phi) is 7.20. The number of nitrogens with zero attached hydrogens (tertiary/aromatic N) is 1. The molecule has 1 saturated heterocycles. The van der Waals surface area contributed by atoms with E-state index in [1.54, 1.807) is 13.2 Å². The number of ether oxygens (including phenoxy) is 2. The minimum absolute atomic E-state index is 0.0447. The summed E-state index contributed by atoms with van der Waals surface area (Å²) in [5, 5.41) is 2.98. The van der Waals surface area contributed by atoms with Crippen molar-refractivity contribution in [3.05, 3.63) is 24.3 Å². The first-order chi connectivity index (χ1) is 11.2. The minimum atomic E-state index is -0.464. The van der Waals surface area contributed by atoms with Crippen molar-refractivity contribution in [2.75, 3.05) is 33.3 Å². The number of likely N-dealkylation sites (tertiary alicyclic amines) is 1. The molecule has 1 aromatic rings. The van der Waals surface area contributed by atoms with Crippen molar-refractivity contribution in [2.24, 2.45) is 0 Å². The van der Waals surface area contributed by atoms with Crippen LogP contribution in [-0.4, -0.2) is 50.2 Å². The van der Waals surface area contributed by atoms with E-state index in [4.69, 9.17) is 9.47 Å². The Morgan fingerprint density at radius 3 is 2.74 bits per heavy atom. The summed E-state index contributed by atoms with van der Waals surface area (Å²) < 4.78 is 11.0. The Labute approximate surface area is 139 Å². The average Bonchev–Trinajstić information content (AvgIpc) is 3.10. The smallest absolute Gasteiger partial charge is 0.261 e. The van der Waals surface area contributed by atoms with Crippen LogP contribution in [0.3, 0.4) is 0 Å². The zero-order valence-electron chi connectivity index (χ0n) is 14.2. The summed E-state index contributed by atoms with van der Waals surface area (Å²) >= 11 is 0. The molecule has 1 heterocycles. The second-order valence-corrected chi connectivity index (χ2v) is 5.89. The lowest BCUT2D eigenvalue weighted by Gasteiger charge is -2.18. The van der Waals surface area contributed by atoms with Crippen molar-refractivity contribution >= 4 is 5.91 Å². The SMILES string of the molecule is CC[C@H](Oc1cccc(OC)c1)C(=O)NCCCN1CCCC1. The number of amides is 1. The molecule has 1 N–H and O–H groups in total. The summed E-state index contributed by atoms with van der Waals surface area (Å²) in [5.41, 5.74) is 0. The largest absolute Gasteiger partial charge is 0.497 e. The van der Waals surface area contributed by atoms with Crippen molar-refractivity contribution in [3.8, 4) is 11.5 Å². The molecule has 5 nitrogen and oxygen atoms in total. The summed E-state index contributed by atoms with van der Waals surface area (Å²) in [7, 11) is 1.61. The molecule has 1 fully saturated rings. The fraction of sp³-hybridized carbons (Fsp3) is 0.611. The van der Waals surface area contributed by atoms with Gasteiger partial charge in [0.15, 0.2) is 6.10 Å². The Morgan fingerprint density at radius 1 is 1.30 bits per heavy atom. The Balaban J connectivity index is 1.73. The molecular weight excluding hydrogens is 292 g/mol. The van der Waals surface area contributed by atoms with E-state index >= 15 is 0 Å². The fourth-order valence-electron chi connectivity index (χ4n) is 2.80. The molecule has 0 aliphatic carbocycles. The molecule has 1 amide bonds. The molecule has 0 spiro atoms. The van der Waals surface area contributed by atoms with Gasteiger partial charge in [0.1, 0.15) is 11.5 Å². The van der Waals surface area contributed by atoms with Gasteiger partial charge in [-0.15, -0.1) is 0 Å². The van der Waals surface area contributed by atoms with Crippen LogP contribution in [0.1, 0.15) is 32.6 Å². The van der Waals surface area contributed by atoms with Crippen LogP contribution in [0.4, 0.5) is 0 Å². The topological polar surface area (TPSA) is 50.8 Å². The second-order valence-electron chi connectivity index (χ2n) is 5.89. The van der Waals surface area contributed by atoms with E-state index in [0.29, 0.717) is 18.7 Å². The molecule has 0 unspecified atom stereocenters. The average molecular weight is 320 g/mol. The molecule has 5 heteroatoms. The number of carbonyl (C=O) groups is 1. The quantitative estimate of drug-likeness (QED) is 0.710. The molecule has 0 saturated carbocycles. The van der Waals surface area contributed by atoms with Gasteiger partial charge in [-0.1, -0.05) is 13.0 Å². The lowest BCUT2D eigenvalue weighted by molar-refractivity contribution is -0.128. The highest BCUT2D eigenvalue weighted by Crippen LogP contribution is 2.20. The van der Waals surface area contributed by atoms with Gasteiger partial charge in [-0.05, 0) is 57.5 Å². The predicted molar refractivity (Wildman–Crippen MR) is 91.0 cm³/mol. The number of methoxy groups -OCH3 is 1. The minimum Gasteiger partial charge on any atom is -0.497 e. The third-order valence-corrected chi connectivity index (χ3v) is 4.13. The number of hydrogen-bond donors (Lipinski definition) is 1. The summed E-state index contributed by atoms with van der Waals surface area (Å²) in [6.07, 6.45) is 3.77. The number of rotatable bonds is 9. The van der Waals surface area contributed by atoms with Crippen molar-refractivity contribution in [1.29, 1.82) is 0 Å². The highest BCUT2D eigenvalue weighted by atomic mass is 16.5. The van der Waals surface area contributed by atoms with Crippen LogP contribution in [0.2, 0.25) is 0 Å². The third kappa shape index (κ3) is 5.75. The van der Waals surface area contributed by atoms with Gasteiger partial charge in [0.05, 0.1) is 7.11 Å². The predicted octanol–water partition coefficient (Wildman–Crippen LogP) is 2.45. The highest BCUT2D eigenvalue weighted by Gasteiger charge is 2.18. The van der Waals surface area contributed by atoms with Gasteiger partial charge in [0.25, 0.3) is 5.91 Å². The standard InChI is InChI=1S/C18H28N2O3/c1-3-17(23-16-9-6-8-15(14-16)22-2)18(21)19-10-7-13-20-11-4-5-12-20/h6,8-9,14,17H,3-5,7,10-13H2,1-2H3,(H,19,21)/t17-/m0/s1. The van der Waals surface area contributed by atoms with Crippen LogP contribution in [0.15, 0.2) is 24.3 Å². The van der Waals surface area contributed by atoms with Crippen LogP contribution in [0.25, 0.3) is 0 Å². The first-order valence-corrected chi connectivity index (χ1v) is 8.53. The zero-order valence-corrected chi connectivity index (χ0v) is 14.2. The molecule has 1 aromatic carbocycles. The summed E-state index contributed by atoms with van der Waals surface area (Å²) in [6, 6.07) is 7.34. The van der Waals surface area contributed by atoms with Crippen LogP contribution in [-0.2, 0) is 4.79 Å². The van der Waals surface area contributed by atoms with E-state index in [-0.39, 0.29) is 5.91 Å². The lowest BCUT2D eigenvalue weighted by Crippen LogP contribution is -2.39. The first-order valence-electron chi connectivity index (χ1n) is 8.53. The van der Waals surface area contributed by atoms with Crippen LogP contribution < -0.4 is 14.8 Å². The highest BCUT2D eigenvalue weighted by molar-refractivity contribution is 5.81. The second kappa shape index (κ2) is 9.40. The van der Waals surface area contributed by atoms with Gasteiger partial charge in [-0.25, -0.2) is 0 Å². The molecule has 1 aliphatic rings. The molecular formula is C18H28N2O3. The zero-order chi connectivity index (χ0) is 16.5. The van der Waals surface area contributed by atoms with Gasteiger partial charge in [0.2, 0.25) is 0 Å². The van der Waals surface area contributed by atoms with E-state index in [1.807, 2.05) is 25.1 Å². The maximum Gasteiger partial charge on any atom is 0.261 e. The monoisotopic (exact) mass is 320 g/mol. The van der Waals surface area contributed by atoms with E-state index in [1.165, 1.54) is 25.9 Å². The lowest BCUT2D eigenvalue weighted by atomic mass is 10.2. The van der Waals surface area contributed by atoms with Crippen molar-refractivity contribution in [1.82, 2.24) is 10.2 Å². The van der Waals surface area contributed by atoms with Crippen LogP contribution in [0.5, 0.6) is 11.5 Å². The number of benzene rings is 1.